The quantitative estimate of drug-likeness (QED) is 0.684. The molecule has 106 valence electrons. The zero-order valence-corrected chi connectivity index (χ0v) is 11.0. The number of hydrogen-bond donors (Lipinski definition) is 2. The van der Waals surface area contributed by atoms with Crippen LogP contribution in [0.25, 0.3) is 0 Å². The SMILES string of the molecule is CCN1CCOC(c2noc(CNCC(N)=O)n2)C1. The summed E-state index contributed by atoms with van der Waals surface area (Å²) in [5.74, 6) is 0.552. The van der Waals surface area contributed by atoms with Crippen LogP contribution in [0.3, 0.4) is 0 Å². The number of amides is 1. The van der Waals surface area contributed by atoms with Gasteiger partial charge in [-0.15, -0.1) is 0 Å². The second-order valence-electron chi connectivity index (χ2n) is 4.37. The highest BCUT2D eigenvalue weighted by Crippen LogP contribution is 2.19. The predicted molar refractivity (Wildman–Crippen MR) is 66.0 cm³/mol. The van der Waals surface area contributed by atoms with Crippen LogP contribution in [-0.4, -0.2) is 53.7 Å². The van der Waals surface area contributed by atoms with Crippen LogP contribution < -0.4 is 11.1 Å². The summed E-state index contributed by atoms with van der Waals surface area (Å²) in [4.78, 5) is 17.1. The average molecular weight is 269 g/mol. The van der Waals surface area contributed by atoms with Gasteiger partial charge in [0.05, 0.1) is 19.7 Å². The number of primary amides is 1. The number of carbonyl (C=O) groups excluding carboxylic acids is 1. The van der Waals surface area contributed by atoms with Gasteiger partial charge in [-0.2, -0.15) is 4.98 Å². The molecule has 1 unspecified atom stereocenters. The van der Waals surface area contributed by atoms with Crippen LogP contribution in [0.5, 0.6) is 0 Å². The summed E-state index contributed by atoms with van der Waals surface area (Å²) in [6.45, 7) is 5.86. The van der Waals surface area contributed by atoms with Gasteiger partial charge in [0, 0.05) is 13.1 Å². The Balaban J connectivity index is 1.87. The molecule has 1 aromatic rings. The van der Waals surface area contributed by atoms with Crippen molar-refractivity contribution in [3.63, 3.8) is 0 Å². The molecule has 1 aliphatic heterocycles. The lowest BCUT2D eigenvalue weighted by Crippen LogP contribution is -2.38. The first kappa shape index (κ1) is 13.9. The lowest BCUT2D eigenvalue weighted by atomic mass is 10.2. The molecule has 0 spiro atoms. The molecule has 0 bridgehead atoms. The minimum atomic E-state index is -0.422. The second-order valence-corrected chi connectivity index (χ2v) is 4.37. The normalized spacial score (nSPS) is 20.6. The van der Waals surface area contributed by atoms with E-state index >= 15 is 0 Å². The fourth-order valence-corrected chi connectivity index (χ4v) is 1.91. The Bertz CT molecular complexity index is 422. The molecule has 1 atom stereocenters. The van der Waals surface area contributed by atoms with Crippen molar-refractivity contribution in [2.75, 3.05) is 32.8 Å². The molecule has 1 saturated heterocycles. The largest absolute Gasteiger partial charge is 0.369 e. The van der Waals surface area contributed by atoms with E-state index in [1.54, 1.807) is 0 Å². The van der Waals surface area contributed by atoms with Crippen LogP contribution in [-0.2, 0) is 16.1 Å². The van der Waals surface area contributed by atoms with E-state index in [1.165, 1.54) is 0 Å². The van der Waals surface area contributed by atoms with E-state index < -0.39 is 5.91 Å². The molecule has 8 heteroatoms. The molecule has 0 aromatic carbocycles. The zero-order chi connectivity index (χ0) is 13.7. The van der Waals surface area contributed by atoms with Gasteiger partial charge in [0.2, 0.25) is 17.6 Å². The molecule has 0 radical (unpaired) electrons. The van der Waals surface area contributed by atoms with Crippen molar-refractivity contribution in [3.8, 4) is 0 Å². The number of likely N-dealkylation sites (N-methyl/N-ethyl adjacent to an activating group) is 1. The summed E-state index contributed by atoms with van der Waals surface area (Å²) < 4.78 is 10.7. The molecule has 1 amide bonds. The number of nitrogens with zero attached hydrogens (tertiary/aromatic N) is 3. The van der Waals surface area contributed by atoms with E-state index in [1.807, 2.05) is 0 Å². The minimum Gasteiger partial charge on any atom is -0.369 e. The number of hydrogen-bond acceptors (Lipinski definition) is 7. The van der Waals surface area contributed by atoms with E-state index in [4.69, 9.17) is 15.0 Å². The molecule has 8 nitrogen and oxygen atoms in total. The van der Waals surface area contributed by atoms with Crippen LogP contribution >= 0.6 is 0 Å². The fourth-order valence-electron chi connectivity index (χ4n) is 1.91. The van der Waals surface area contributed by atoms with E-state index in [9.17, 15) is 4.79 Å². The summed E-state index contributed by atoms with van der Waals surface area (Å²) in [7, 11) is 0. The number of rotatable bonds is 6. The molecule has 3 N–H and O–H groups in total. The molecule has 0 aliphatic carbocycles. The third kappa shape index (κ3) is 3.98. The van der Waals surface area contributed by atoms with Gasteiger partial charge in [0.15, 0.2) is 0 Å². The highest BCUT2D eigenvalue weighted by atomic mass is 16.5. The third-order valence-electron chi connectivity index (χ3n) is 2.95. The third-order valence-corrected chi connectivity index (χ3v) is 2.95. The first-order valence-corrected chi connectivity index (χ1v) is 6.34. The Morgan fingerprint density at radius 1 is 1.63 bits per heavy atom. The van der Waals surface area contributed by atoms with Crippen LogP contribution in [0.15, 0.2) is 4.52 Å². The maximum atomic E-state index is 10.6. The van der Waals surface area contributed by atoms with Crippen molar-refractivity contribution in [1.82, 2.24) is 20.4 Å². The monoisotopic (exact) mass is 269 g/mol. The summed E-state index contributed by atoms with van der Waals surface area (Å²) in [5, 5.41) is 6.73. The fraction of sp³-hybridized carbons (Fsp3) is 0.727. The van der Waals surface area contributed by atoms with Crippen LogP contribution in [0.4, 0.5) is 0 Å². The Morgan fingerprint density at radius 3 is 3.21 bits per heavy atom. The zero-order valence-electron chi connectivity index (χ0n) is 11.0. The van der Waals surface area contributed by atoms with Crippen molar-refractivity contribution >= 4 is 5.91 Å². The molecule has 1 aliphatic rings. The highest BCUT2D eigenvalue weighted by Gasteiger charge is 2.25. The molecular weight excluding hydrogens is 250 g/mol. The van der Waals surface area contributed by atoms with Gasteiger partial charge < -0.3 is 15.0 Å². The van der Waals surface area contributed by atoms with E-state index in [0.717, 1.165) is 19.6 Å². The number of nitrogens with two attached hydrogens (primary N) is 1. The van der Waals surface area contributed by atoms with Crippen LogP contribution in [0.2, 0.25) is 0 Å². The molecule has 0 saturated carbocycles. The van der Waals surface area contributed by atoms with Gasteiger partial charge in [-0.1, -0.05) is 12.1 Å². The van der Waals surface area contributed by atoms with Gasteiger partial charge in [0.1, 0.15) is 6.10 Å². The van der Waals surface area contributed by atoms with Crippen molar-refractivity contribution in [3.05, 3.63) is 11.7 Å². The summed E-state index contributed by atoms with van der Waals surface area (Å²) >= 11 is 0. The molecule has 1 aromatic heterocycles. The second kappa shape index (κ2) is 6.60. The minimum absolute atomic E-state index is 0.0846. The summed E-state index contributed by atoms with van der Waals surface area (Å²) in [5.41, 5.74) is 5.02. The van der Waals surface area contributed by atoms with E-state index in [0.29, 0.717) is 24.9 Å². The van der Waals surface area contributed by atoms with E-state index in [-0.39, 0.29) is 12.6 Å². The van der Waals surface area contributed by atoms with Gasteiger partial charge in [-0.3, -0.25) is 15.0 Å². The van der Waals surface area contributed by atoms with Gasteiger partial charge in [-0.25, -0.2) is 0 Å². The lowest BCUT2D eigenvalue weighted by molar-refractivity contribution is -0.117. The molecule has 2 heterocycles. The summed E-state index contributed by atoms with van der Waals surface area (Å²) in [6.07, 6.45) is -0.151. The average Bonchev–Trinajstić information content (AvgIpc) is 2.87. The maximum Gasteiger partial charge on any atom is 0.240 e. The molecule has 1 fully saturated rings. The maximum absolute atomic E-state index is 10.6. The van der Waals surface area contributed by atoms with E-state index in [2.05, 4.69) is 27.3 Å². The lowest BCUT2D eigenvalue weighted by Gasteiger charge is -2.30. The van der Waals surface area contributed by atoms with Gasteiger partial charge in [0.25, 0.3) is 0 Å². The van der Waals surface area contributed by atoms with Crippen molar-refractivity contribution in [1.29, 1.82) is 0 Å². The predicted octanol–water partition coefficient (Wildman–Crippen LogP) is -0.962. The summed E-state index contributed by atoms with van der Waals surface area (Å²) in [6, 6.07) is 0. The Hall–Kier alpha value is -1.51. The smallest absolute Gasteiger partial charge is 0.240 e. The number of carbonyl (C=O) groups is 1. The van der Waals surface area contributed by atoms with Gasteiger partial charge in [-0.05, 0) is 6.54 Å². The van der Waals surface area contributed by atoms with Crippen molar-refractivity contribution in [2.24, 2.45) is 5.73 Å². The number of nitrogens with one attached hydrogen (secondary N) is 1. The van der Waals surface area contributed by atoms with Crippen molar-refractivity contribution in [2.45, 2.75) is 19.6 Å². The number of morpholine rings is 1. The van der Waals surface area contributed by atoms with Crippen LogP contribution in [0, 0.1) is 0 Å². The standard InChI is InChI=1S/C11H19N5O3/c1-2-16-3-4-18-8(7-16)11-14-10(19-15-11)6-13-5-9(12)17/h8,13H,2-7H2,1H3,(H2,12,17). The molecular formula is C11H19N5O3. The molecule has 2 rings (SSSR count). The Kier molecular flexibility index (Phi) is 4.83. The van der Waals surface area contributed by atoms with Crippen molar-refractivity contribution < 1.29 is 14.1 Å². The highest BCUT2D eigenvalue weighted by molar-refractivity contribution is 5.75. The number of aromatic nitrogens is 2. The molecule has 19 heavy (non-hydrogen) atoms. The first-order valence-electron chi connectivity index (χ1n) is 6.34. The Morgan fingerprint density at radius 2 is 2.47 bits per heavy atom. The topological polar surface area (TPSA) is 107 Å². The Labute approximate surface area is 111 Å². The first-order chi connectivity index (χ1) is 9.19. The van der Waals surface area contributed by atoms with Crippen LogP contribution in [0.1, 0.15) is 24.7 Å². The number of ether oxygens (including phenoxy) is 1. The van der Waals surface area contributed by atoms with Gasteiger partial charge >= 0.3 is 0 Å².